The molecule has 1 fully saturated rings. The molecule has 7 aromatic rings. The summed E-state index contributed by atoms with van der Waals surface area (Å²) in [5, 5.41) is 2.21. The van der Waals surface area contributed by atoms with Gasteiger partial charge in [0.2, 0.25) is 0 Å². The van der Waals surface area contributed by atoms with E-state index in [4.69, 9.17) is 18.9 Å². The molecule has 276 valence electrons. The first-order valence-electron chi connectivity index (χ1n) is 19.5. The van der Waals surface area contributed by atoms with E-state index in [-0.39, 0.29) is 10.8 Å². The Morgan fingerprint density at radius 1 is 0.536 bits per heavy atom. The van der Waals surface area contributed by atoms with Gasteiger partial charge < -0.3 is 18.9 Å². The summed E-state index contributed by atoms with van der Waals surface area (Å²) in [4.78, 5) is 0. The molecule has 0 saturated heterocycles. The van der Waals surface area contributed by atoms with Crippen molar-refractivity contribution in [3.63, 3.8) is 0 Å². The van der Waals surface area contributed by atoms with Crippen LogP contribution in [-0.4, -0.2) is 21.3 Å². The normalized spacial score (nSPS) is 18.2. The van der Waals surface area contributed by atoms with Crippen LogP contribution in [0.3, 0.4) is 0 Å². The summed E-state index contributed by atoms with van der Waals surface area (Å²) in [6.07, 6.45) is 7.60. The van der Waals surface area contributed by atoms with Gasteiger partial charge >= 0.3 is 0 Å². The first kappa shape index (κ1) is 34.2. The van der Waals surface area contributed by atoms with E-state index in [1.807, 2.05) is 24.3 Å². The third-order valence-electron chi connectivity index (χ3n) is 13.0. The fraction of sp³-hybridized carbons (Fsp3) is 0.192. The van der Waals surface area contributed by atoms with Crippen molar-refractivity contribution in [2.75, 3.05) is 21.3 Å². The lowest BCUT2D eigenvalue weighted by Crippen LogP contribution is -2.35. The van der Waals surface area contributed by atoms with Gasteiger partial charge in [0.25, 0.3) is 0 Å². The van der Waals surface area contributed by atoms with Crippen molar-refractivity contribution >= 4 is 16.8 Å². The Balaban J connectivity index is 1.27. The molecule has 2 aliphatic carbocycles. The Morgan fingerprint density at radius 2 is 1.11 bits per heavy atom. The predicted molar refractivity (Wildman–Crippen MR) is 225 cm³/mol. The Kier molecular flexibility index (Phi) is 7.90. The number of hydrogen-bond donors (Lipinski definition) is 0. The summed E-state index contributed by atoms with van der Waals surface area (Å²) in [6.45, 7) is 2.23. The topological polar surface area (TPSA) is 36.9 Å². The molecule has 1 aliphatic heterocycles. The molecule has 4 heteroatoms. The largest absolute Gasteiger partial charge is 0.497 e. The number of hydrogen-bond acceptors (Lipinski definition) is 4. The highest BCUT2D eigenvalue weighted by atomic mass is 16.5. The summed E-state index contributed by atoms with van der Waals surface area (Å²) in [7, 11) is 5.13. The number of ether oxygens (including phenoxy) is 4. The molecule has 56 heavy (non-hydrogen) atoms. The molecule has 1 spiro atoms. The number of benzene rings is 7. The quantitative estimate of drug-likeness (QED) is 0.163. The highest BCUT2D eigenvalue weighted by molar-refractivity contribution is 6.09. The molecule has 0 amide bonds. The van der Waals surface area contributed by atoms with E-state index in [1.54, 1.807) is 21.3 Å². The summed E-state index contributed by atoms with van der Waals surface area (Å²) < 4.78 is 24.8. The maximum atomic E-state index is 7.70. The molecule has 3 aliphatic rings. The summed E-state index contributed by atoms with van der Waals surface area (Å²) in [6, 6.07) is 52.5. The zero-order chi connectivity index (χ0) is 38.1. The van der Waals surface area contributed by atoms with Crippen molar-refractivity contribution in [2.45, 2.75) is 42.6 Å². The molecule has 0 N–H and O–H groups in total. The van der Waals surface area contributed by atoms with Crippen LogP contribution in [0.2, 0.25) is 0 Å². The third kappa shape index (κ3) is 4.91. The van der Waals surface area contributed by atoms with Crippen LogP contribution in [-0.2, 0) is 16.4 Å². The smallest absolute Gasteiger partial charge is 0.178 e. The van der Waals surface area contributed by atoms with E-state index in [0.717, 1.165) is 64.3 Å². The van der Waals surface area contributed by atoms with Crippen molar-refractivity contribution in [3.05, 3.63) is 196 Å². The Hall–Kier alpha value is -6.26. The van der Waals surface area contributed by atoms with Gasteiger partial charge in [-0.2, -0.15) is 0 Å². The van der Waals surface area contributed by atoms with Crippen molar-refractivity contribution in [3.8, 4) is 34.1 Å². The van der Waals surface area contributed by atoms with Gasteiger partial charge in [0.1, 0.15) is 23.0 Å². The van der Waals surface area contributed by atoms with Gasteiger partial charge in [0, 0.05) is 32.9 Å². The molecular weight excluding hydrogens is 689 g/mol. The van der Waals surface area contributed by atoms with E-state index in [2.05, 4.69) is 140 Å². The van der Waals surface area contributed by atoms with Crippen LogP contribution >= 0.6 is 0 Å². The van der Waals surface area contributed by atoms with E-state index >= 15 is 0 Å². The Labute approximate surface area is 329 Å². The summed E-state index contributed by atoms with van der Waals surface area (Å²) in [5.41, 5.74) is 11.2. The molecule has 10 rings (SSSR count). The molecule has 1 unspecified atom stereocenters. The minimum Gasteiger partial charge on any atom is -0.497 e. The van der Waals surface area contributed by atoms with Crippen LogP contribution in [0.15, 0.2) is 152 Å². The van der Waals surface area contributed by atoms with Crippen LogP contribution in [0.5, 0.6) is 23.0 Å². The lowest BCUT2D eigenvalue weighted by Gasteiger charge is -2.39. The molecular formula is C52H44O4. The molecule has 1 heterocycles. The first-order valence-corrected chi connectivity index (χ1v) is 19.5. The fourth-order valence-electron chi connectivity index (χ4n) is 10.3. The summed E-state index contributed by atoms with van der Waals surface area (Å²) >= 11 is 0. The Morgan fingerprint density at radius 3 is 1.70 bits per heavy atom. The second-order valence-corrected chi connectivity index (χ2v) is 15.7. The number of fused-ring (bicyclic) bond motifs is 10. The van der Waals surface area contributed by atoms with E-state index in [1.165, 1.54) is 44.3 Å². The van der Waals surface area contributed by atoms with Gasteiger partial charge in [-0.3, -0.25) is 0 Å². The standard InChI is InChI=1S/C52H44O4/c1-34-15-25-43-46(31-34)51(30-29-50(33-51,35-11-7-5-8-12-35)36-13-9-6-10-14-36)48-44-27-28-52(37-16-20-39(53-2)21-17-37,38-18-22-40(54-3)23-19-38)56-49(44)45-32-41(55-4)24-26-42(45)47(43)48/h5-28,31-32H,29-30,33H2,1-4H3. The average Bonchev–Trinajstić information content (AvgIpc) is 3.81. The van der Waals surface area contributed by atoms with Crippen molar-refractivity contribution in [2.24, 2.45) is 0 Å². The van der Waals surface area contributed by atoms with Gasteiger partial charge in [0.15, 0.2) is 5.60 Å². The molecule has 0 bridgehead atoms. The van der Waals surface area contributed by atoms with Gasteiger partial charge in [-0.25, -0.2) is 0 Å². The maximum Gasteiger partial charge on any atom is 0.178 e. The van der Waals surface area contributed by atoms with Crippen LogP contribution in [0.1, 0.15) is 63.8 Å². The van der Waals surface area contributed by atoms with E-state index < -0.39 is 5.60 Å². The molecule has 0 radical (unpaired) electrons. The lowest BCUT2D eigenvalue weighted by molar-refractivity contribution is 0.163. The van der Waals surface area contributed by atoms with Crippen LogP contribution < -0.4 is 18.9 Å². The minimum absolute atomic E-state index is 0.178. The molecule has 7 aromatic carbocycles. The SMILES string of the molecule is COc1ccc(C2(c3ccc(OC)cc3)C=Cc3c4c(c5ccc(OC)cc5c3O2)-c2ccc(C)cc2C42CCC(c3ccccc3)(c3ccccc3)C2)cc1. The number of rotatable bonds is 7. The predicted octanol–water partition coefficient (Wildman–Crippen LogP) is 12.0. The second-order valence-electron chi connectivity index (χ2n) is 15.7. The van der Waals surface area contributed by atoms with Crippen molar-refractivity contribution in [1.82, 2.24) is 0 Å². The van der Waals surface area contributed by atoms with Gasteiger partial charge in [-0.15, -0.1) is 0 Å². The van der Waals surface area contributed by atoms with Crippen molar-refractivity contribution in [1.29, 1.82) is 0 Å². The molecule has 4 nitrogen and oxygen atoms in total. The molecule has 1 atom stereocenters. The van der Waals surface area contributed by atoms with Gasteiger partial charge in [0.05, 0.1) is 21.3 Å². The number of aryl methyl sites for hydroxylation is 1. The average molecular weight is 733 g/mol. The Bertz CT molecular complexity index is 2560. The highest BCUT2D eigenvalue weighted by Crippen LogP contribution is 2.67. The molecule has 0 aromatic heterocycles. The van der Waals surface area contributed by atoms with Crippen LogP contribution in [0, 0.1) is 6.92 Å². The lowest BCUT2D eigenvalue weighted by atomic mass is 9.67. The maximum absolute atomic E-state index is 7.70. The monoisotopic (exact) mass is 732 g/mol. The molecule has 1 saturated carbocycles. The highest BCUT2D eigenvalue weighted by Gasteiger charge is 2.57. The minimum atomic E-state index is -0.932. The fourth-order valence-corrected chi connectivity index (χ4v) is 10.3. The third-order valence-corrected chi connectivity index (χ3v) is 13.0. The van der Waals surface area contributed by atoms with Crippen LogP contribution in [0.4, 0.5) is 0 Å². The van der Waals surface area contributed by atoms with Gasteiger partial charge in [-0.1, -0.05) is 115 Å². The van der Waals surface area contributed by atoms with Crippen LogP contribution in [0.25, 0.3) is 28.0 Å². The van der Waals surface area contributed by atoms with E-state index in [9.17, 15) is 0 Å². The second kappa shape index (κ2) is 12.9. The summed E-state index contributed by atoms with van der Waals surface area (Å²) in [5.74, 6) is 3.25. The van der Waals surface area contributed by atoms with E-state index in [0.29, 0.717) is 0 Å². The number of methoxy groups -OCH3 is 3. The zero-order valence-corrected chi connectivity index (χ0v) is 32.3. The zero-order valence-electron chi connectivity index (χ0n) is 32.3. The van der Waals surface area contributed by atoms with Crippen molar-refractivity contribution < 1.29 is 18.9 Å². The first-order chi connectivity index (χ1) is 27.4. The van der Waals surface area contributed by atoms with Gasteiger partial charge in [-0.05, 0) is 113 Å².